The van der Waals surface area contributed by atoms with Gasteiger partial charge in [0.25, 0.3) is 0 Å². The van der Waals surface area contributed by atoms with Crippen molar-refractivity contribution < 1.29 is 36.7 Å². The highest BCUT2D eigenvalue weighted by Gasteiger charge is 2.40. The zero-order valence-corrected chi connectivity index (χ0v) is 20.7. The van der Waals surface area contributed by atoms with Gasteiger partial charge in [-0.1, -0.05) is 0 Å². The van der Waals surface area contributed by atoms with E-state index in [4.69, 9.17) is 36.7 Å². The first-order valence-electron chi connectivity index (χ1n) is 10.1. The van der Waals surface area contributed by atoms with Gasteiger partial charge in [-0.2, -0.15) is 0 Å². The second-order valence-corrected chi connectivity index (χ2v) is 14.1. The highest BCUT2D eigenvalue weighted by atomic mass is 28.4. The Bertz CT molecular complexity index is 397. The van der Waals surface area contributed by atoms with Gasteiger partial charge in [-0.05, 0) is 33.9 Å². The molecule has 0 aromatic rings. The van der Waals surface area contributed by atoms with Gasteiger partial charge in [0.2, 0.25) is 0 Å². The Morgan fingerprint density at radius 1 is 0.929 bits per heavy atom. The number of hydrogen-bond acceptors (Lipinski definition) is 8. The highest BCUT2D eigenvalue weighted by Crippen LogP contribution is 2.18. The average Bonchev–Trinajstić information content (AvgIpc) is 3.58. The van der Waals surface area contributed by atoms with E-state index >= 15 is 0 Å². The maximum absolute atomic E-state index is 5.74. The normalized spacial score (nSPS) is 22.4. The fourth-order valence-corrected chi connectivity index (χ4v) is 5.53. The number of rotatable bonds is 15. The van der Waals surface area contributed by atoms with Gasteiger partial charge in [0.1, 0.15) is 12.2 Å². The Kier molecular flexibility index (Phi) is 12.5. The van der Waals surface area contributed by atoms with Gasteiger partial charge in [-0.25, -0.2) is 0 Å². The topological polar surface area (TPSA) is 80.4 Å². The first-order chi connectivity index (χ1) is 13.3. The summed E-state index contributed by atoms with van der Waals surface area (Å²) in [6.07, 6.45) is 0.645. The zero-order valence-electron chi connectivity index (χ0n) is 18.7. The fraction of sp³-hybridized carbons (Fsp3) is 1.00. The molecule has 8 nitrogen and oxygen atoms in total. The molecule has 0 saturated carbocycles. The standard InChI is InChI=1S/C10H22O4Si.C8H18O4Si/c1-5-13-15(4,14-6-2)9(3)11-7-10-8-12-10;1-9-13(3,10-2)5-4-11-6-8-7-12-8/h9-10H,5-8H2,1-4H3;8H,4-7H2,1-3H3. The minimum absolute atomic E-state index is 0.0431. The summed E-state index contributed by atoms with van der Waals surface area (Å²) in [4.78, 5) is 0. The summed E-state index contributed by atoms with van der Waals surface area (Å²) in [7, 11) is -0.696. The lowest BCUT2D eigenvalue weighted by Crippen LogP contribution is -2.51. The van der Waals surface area contributed by atoms with E-state index < -0.39 is 17.1 Å². The highest BCUT2D eigenvalue weighted by molar-refractivity contribution is 6.67. The third-order valence-electron chi connectivity index (χ3n) is 4.81. The molecule has 2 saturated heterocycles. The molecule has 0 radical (unpaired) electrons. The third-order valence-corrected chi connectivity index (χ3v) is 11.0. The van der Waals surface area contributed by atoms with Crippen molar-refractivity contribution in [1.29, 1.82) is 0 Å². The van der Waals surface area contributed by atoms with Crippen molar-refractivity contribution in [2.45, 2.75) is 57.8 Å². The Hall–Kier alpha value is 0.114. The molecule has 2 fully saturated rings. The Morgan fingerprint density at radius 3 is 1.86 bits per heavy atom. The maximum Gasteiger partial charge on any atom is 0.364 e. The summed E-state index contributed by atoms with van der Waals surface area (Å²) in [5, 5.41) is 0. The van der Waals surface area contributed by atoms with Crippen molar-refractivity contribution in [3.05, 3.63) is 0 Å². The van der Waals surface area contributed by atoms with Gasteiger partial charge >= 0.3 is 17.1 Å². The van der Waals surface area contributed by atoms with Crippen LogP contribution >= 0.6 is 0 Å². The minimum atomic E-state index is -2.17. The van der Waals surface area contributed by atoms with Crippen LogP contribution in [0.5, 0.6) is 0 Å². The SMILES string of the molecule is CCO[Si](C)(OCC)C(C)OCC1CO1.CO[Si](C)(CCOCC1CO1)OC. The van der Waals surface area contributed by atoms with Crippen molar-refractivity contribution in [2.24, 2.45) is 0 Å². The van der Waals surface area contributed by atoms with E-state index in [2.05, 4.69) is 6.55 Å². The summed E-state index contributed by atoms with van der Waals surface area (Å²) in [6, 6.07) is 0.868. The maximum atomic E-state index is 5.74. The summed E-state index contributed by atoms with van der Waals surface area (Å²) in [6.45, 7) is 15.2. The summed E-state index contributed by atoms with van der Waals surface area (Å²) in [5.41, 5.74) is 0.0431. The van der Waals surface area contributed by atoms with E-state index in [1.807, 2.05) is 27.3 Å². The van der Waals surface area contributed by atoms with Crippen molar-refractivity contribution in [1.82, 2.24) is 0 Å². The molecule has 2 heterocycles. The predicted octanol–water partition coefficient (Wildman–Crippen LogP) is 2.24. The average molecular weight is 441 g/mol. The minimum Gasteiger partial charge on any atom is -0.398 e. The van der Waals surface area contributed by atoms with Gasteiger partial charge in [0.05, 0.1) is 32.2 Å². The second-order valence-electron chi connectivity index (χ2n) is 7.14. The van der Waals surface area contributed by atoms with E-state index in [1.165, 1.54) is 0 Å². The molecule has 2 aliphatic rings. The molecule has 168 valence electrons. The van der Waals surface area contributed by atoms with Crippen LogP contribution in [0, 0.1) is 0 Å². The van der Waals surface area contributed by atoms with Crippen LogP contribution in [0.25, 0.3) is 0 Å². The van der Waals surface area contributed by atoms with Crippen LogP contribution in [0.2, 0.25) is 19.1 Å². The zero-order chi connectivity index (χ0) is 21.0. The van der Waals surface area contributed by atoms with Crippen LogP contribution in [0.15, 0.2) is 0 Å². The van der Waals surface area contributed by atoms with Gasteiger partial charge in [0, 0.05) is 40.1 Å². The van der Waals surface area contributed by atoms with E-state index in [9.17, 15) is 0 Å². The van der Waals surface area contributed by atoms with Crippen LogP contribution in [-0.2, 0) is 36.7 Å². The van der Waals surface area contributed by atoms with Gasteiger partial charge in [-0.15, -0.1) is 0 Å². The van der Waals surface area contributed by atoms with Crippen LogP contribution in [-0.4, -0.2) is 95.5 Å². The lowest BCUT2D eigenvalue weighted by atomic mass is 10.5. The van der Waals surface area contributed by atoms with Crippen molar-refractivity contribution in [2.75, 3.05) is 60.5 Å². The van der Waals surface area contributed by atoms with Crippen LogP contribution < -0.4 is 0 Å². The van der Waals surface area contributed by atoms with Gasteiger partial charge in [0.15, 0.2) is 0 Å². The molecule has 0 amide bonds. The van der Waals surface area contributed by atoms with Crippen molar-refractivity contribution in [3.63, 3.8) is 0 Å². The molecule has 3 atom stereocenters. The first kappa shape index (κ1) is 26.1. The molecule has 0 bridgehead atoms. The molecule has 2 rings (SSSR count). The van der Waals surface area contributed by atoms with Gasteiger partial charge in [-0.3, -0.25) is 0 Å². The third kappa shape index (κ3) is 10.8. The van der Waals surface area contributed by atoms with Crippen LogP contribution in [0.3, 0.4) is 0 Å². The molecule has 10 heteroatoms. The summed E-state index contributed by atoms with van der Waals surface area (Å²) in [5.74, 6) is 0. The molecule has 0 N–H and O–H groups in total. The second kappa shape index (κ2) is 13.4. The molecule has 3 unspecified atom stereocenters. The van der Waals surface area contributed by atoms with Crippen LogP contribution in [0.1, 0.15) is 20.8 Å². The molecule has 0 spiro atoms. The quantitative estimate of drug-likeness (QED) is 0.218. The Morgan fingerprint density at radius 2 is 1.43 bits per heavy atom. The Labute approximate surface area is 172 Å². The molecule has 28 heavy (non-hydrogen) atoms. The number of hydrogen-bond donors (Lipinski definition) is 0. The molecule has 2 aliphatic heterocycles. The first-order valence-corrected chi connectivity index (χ1v) is 15.0. The fourth-order valence-electron chi connectivity index (χ4n) is 2.34. The smallest absolute Gasteiger partial charge is 0.364 e. The van der Waals surface area contributed by atoms with Crippen molar-refractivity contribution >= 4 is 17.1 Å². The molecular weight excluding hydrogens is 400 g/mol. The molecular formula is C18H40O8Si2. The largest absolute Gasteiger partial charge is 0.398 e. The van der Waals surface area contributed by atoms with E-state index in [1.54, 1.807) is 14.2 Å². The van der Waals surface area contributed by atoms with Gasteiger partial charge < -0.3 is 36.7 Å². The van der Waals surface area contributed by atoms with Crippen molar-refractivity contribution in [3.8, 4) is 0 Å². The van der Waals surface area contributed by atoms with Crippen LogP contribution in [0.4, 0.5) is 0 Å². The van der Waals surface area contributed by atoms with E-state index in [-0.39, 0.29) is 5.73 Å². The Balaban J connectivity index is 0.000000283. The number of epoxide rings is 2. The van der Waals surface area contributed by atoms with E-state index in [0.29, 0.717) is 45.2 Å². The lowest BCUT2D eigenvalue weighted by molar-refractivity contribution is 0.0501. The molecule has 0 aliphatic carbocycles. The monoisotopic (exact) mass is 440 g/mol. The number of ether oxygens (including phenoxy) is 4. The molecule has 0 aromatic heterocycles. The summed E-state index contributed by atoms with van der Waals surface area (Å²) < 4.78 is 43.3. The van der Waals surface area contributed by atoms with E-state index in [0.717, 1.165) is 19.3 Å². The summed E-state index contributed by atoms with van der Waals surface area (Å²) >= 11 is 0. The molecule has 0 aromatic carbocycles. The predicted molar refractivity (Wildman–Crippen MR) is 111 cm³/mol. The lowest BCUT2D eigenvalue weighted by Gasteiger charge is -2.31.